The molecule has 0 saturated heterocycles. The molecule has 0 aromatic heterocycles. The average Bonchev–Trinajstić information content (AvgIpc) is 2.88. The van der Waals surface area contributed by atoms with E-state index in [9.17, 15) is 13.2 Å². The van der Waals surface area contributed by atoms with Crippen molar-refractivity contribution in [2.75, 3.05) is 6.61 Å². The van der Waals surface area contributed by atoms with Crippen molar-refractivity contribution in [3.05, 3.63) is 101 Å². The summed E-state index contributed by atoms with van der Waals surface area (Å²) < 4.78 is 63.5. The largest absolute Gasteiger partial charge is 0.493 e. The van der Waals surface area contributed by atoms with Gasteiger partial charge in [-0.3, -0.25) is 0 Å². The predicted octanol–water partition coefficient (Wildman–Crippen LogP) is 8.68. The van der Waals surface area contributed by atoms with Gasteiger partial charge in [-0.25, -0.2) is 17.6 Å². The Morgan fingerprint density at radius 3 is 2.27 bits per heavy atom. The number of nitrogens with zero attached hydrogens (tertiary/aromatic N) is 1. The van der Waals surface area contributed by atoms with Gasteiger partial charge >= 0.3 is 0 Å². The molecule has 0 bridgehead atoms. The van der Waals surface area contributed by atoms with Crippen LogP contribution in [-0.4, -0.2) is 6.61 Å². The summed E-state index contributed by atoms with van der Waals surface area (Å²) in [6.07, 6.45) is 4.73. The molecule has 37 heavy (non-hydrogen) atoms. The Morgan fingerprint density at radius 2 is 1.57 bits per heavy atom. The fourth-order valence-corrected chi connectivity index (χ4v) is 4.39. The van der Waals surface area contributed by atoms with Crippen LogP contribution in [0, 0.1) is 34.6 Å². The number of halogens is 4. The van der Waals surface area contributed by atoms with E-state index in [1.54, 1.807) is 42.5 Å². The lowest BCUT2D eigenvalue weighted by molar-refractivity contribution is 0.303. The van der Waals surface area contributed by atoms with E-state index in [0.29, 0.717) is 45.4 Å². The number of benzene rings is 4. The summed E-state index contributed by atoms with van der Waals surface area (Å²) in [4.78, 5) is 0. The second-order valence-electron chi connectivity index (χ2n) is 9.07. The Bertz CT molecular complexity index is 1440. The minimum atomic E-state index is -0.928. The minimum Gasteiger partial charge on any atom is -0.493 e. The molecule has 0 aliphatic heterocycles. The number of fused-ring (bicyclic) bond motifs is 1. The maximum atomic E-state index is 15.2. The molecule has 0 spiro atoms. The molecule has 0 N–H and O–H groups in total. The Balaban J connectivity index is 1.49. The zero-order valence-electron chi connectivity index (χ0n) is 20.6. The van der Waals surface area contributed by atoms with Gasteiger partial charge in [-0.15, -0.1) is 0 Å². The minimum absolute atomic E-state index is 0.207. The second kappa shape index (κ2) is 11.9. The monoisotopic (exact) mass is 505 g/mol. The molecule has 0 atom stereocenters. The molecule has 0 amide bonds. The van der Waals surface area contributed by atoms with E-state index in [-0.39, 0.29) is 12.8 Å². The average molecular weight is 506 g/mol. The van der Waals surface area contributed by atoms with E-state index in [2.05, 4.69) is 6.92 Å². The normalized spacial score (nSPS) is 11.0. The van der Waals surface area contributed by atoms with E-state index in [1.807, 2.05) is 0 Å². The first-order chi connectivity index (χ1) is 17.9. The van der Waals surface area contributed by atoms with Crippen LogP contribution in [0.5, 0.6) is 5.75 Å². The molecule has 4 aromatic carbocycles. The fourth-order valence-electron chi connectivity index (χ4n) is 4.39. The highest BCUT2D eigenvalue weighted by Crippen LogP contribution is 2.31. The lowest BCUT2D eigenvalue weighted by atomic mass is 9.96. The summed E-state index contributed by atoms with van der Waals surface area (Å²) in [5, 5.41) is 9.80. The van der Waals surface area contributed by atoms with Crippen molar-refractivity contribution >= 4 is 10.8 Å². The van der Waals surface area contributed by atoms with Crippen molar-refractivity contribution in [1.82, 2.24) is 0 Å². The molecule has 0 aliphatic carbocycles. The van der Waals surface area contributed by atoms with Crippen molar-refractivity contribution in [3.8, 4) is 22.9 Å². The van der Waals surface area contributed by atoms with Crippen LogP contribution in [0.15, 0.2) is 60.7 Å². The van der Waals surface area contributed by atoms with Gasteiger partial charge in [0.2, 0.25) is 0 Å². The van der Waals surface area contributed by atoms with Gasteiger partial charge in [-0.1, -0.05) is 50.5 Å². The van der Waals surface area contributed by atoms with Crippen LogP contribution < -0.4 is 4.74 Å². The van der Waals surface area contributed by atoms with Crippen molar-refractivity contribution < 1.29 is 22.3 Å². The molecular formula is C31H27F4NO. The highest BCUT2D eigenvalue weighted by molar-refractivity contribution is 5.88. The molecule has 0 radical (unpaired) electrons. The van der Waals surface area contributed by atoms with Crippen LogP contribution in [0.4, 0.5) is 17.6 Å². The lowest BCUT2D eigenvalue weighted by Gasteiger charge is -2.11. The molecule has 4 aromatic rings. The van der Waals surface area contributed by atoms with E-state index in [1.165, 1.54) is 12.1 Å². The van der Waals surface area contributed by atoms with Crippen LogP contribution in [-0.2, 0) is 12.8 Å². The number of hydrogen-bond acceptors (Lipinski definition) is 2. The standard InChI is InChI=1S/C31H27F4NO/c1-2-3-4-5-14-37-24-11-13-25(30(34)18-24)22-10-12-26-23(17-22)9-8-21(31(26)35)7-6-20-15-28(32)27(19-36)29(33)16-20/h8-13,15-18H,2-7,14H2,1H3. The zero-order valence-corrected chi connectivity index (χ0v) is 20.6. The van der Waals surface area contributed by atoms with Gasteiger partial charge < -0.3 is 4.74 Å². The molecule has 190 valence electrons. The zero-order chi connectivity index (χ0) is 26.4. The van der Waals surface area contributed by atoms with Crippen LogP contribution in [0.1, 0.15) is 49.3 Å². The molecule has 6 heteroatoms. The SMILES string of the molecule is CCCCCCOc1ccc(-c2ccc3c(F)c(CCc4cc(F)c(C#N)c(F)c4)ccc3c2)c(F)c1. The molecule has 0 fully saturated rings. The lowest BCUT2D eigenvalue weighted by Crippen LogP contribution is -1.99. The van der Waals surface area contributed by atoms with Crippen molar-refractivity contribution in [3.63, 3.8) is 0 Å². The van der Waals surface area contributed by atoms with Gasteiger partial charge in [0.25, 0.3) is 0 Å². The number of unbranched alkanes of at least 4 members (excludes halogenated alkanes) is 3. The van der Waals surface area contributed by atoms with E-state index < -0.39 is 28.8 Å². The molecular weight excluding hydrogens is 478 g/mol. The third-order valence-electron chi connectivity index (χ3n) is 6.45. The van der Waals surface area contributed by atoms with E-state index in [4.69, 9.17) is 10.00 Å². The summed E-state index contributed by atoms with van der Waals surface area (Å²) in [5.41, 5.74) is 1.13. The molecule has 0 heterocycles. The van der Waals surface area contributed by atoms with Crippen molar-refractivity contribution in [2.45, 2.75) is 45.4 Å². The van der Waals surface area contributed by atoms with Crippen molar-refractivity contribution in [2.24, 2.45) is 0 Å². The first-order valence-corrected chi connectivity index (χ1v) is 12.4. The highest BCUT2D eigenvalue weighted by Gasteiger charge is 2.14. The molecule has 4 rings (SSSR count). The number of rotatable bonds is 10. The second-order valence-corrected chi connectivity index (χ2v) is 9.07. The number of hydrogen-bond donors (Lipinski definition) is 0. The number of aryl methyl sites for hydroxylation is 2. The Labute approximate surface area is 214 Å². The first kappa shape index (κ1) is 26.2. The van der Waals surface area contributed by atoms with Gasteiger partial charge in [0, 0.05) is 17.0 Å². The number of nitriles is 1. The van der Waals surface area contributed by atoms with Crippen molar-refractivity contribution in [1.29, 1.82) is 5.26 Å². The molecule has 0 unspecified atom stereocenters. The molecule has 0 aliphatic rings. The summed E-state index contributed by atoms with van der Waals surface area (Å²) >= 11 is 0. The van der Waals surface area contributed by atoms with Crippen LogP contribution in [0.3, 0.4) is 0 Å². The smallest absolute Gasteiger partial charge is 0.144 e. The summed E-state index contributed by atoms with van der Waals surface area (Å²) in [7, 11) is 0. The van der Waals surface area contributed by atoms with Crippen LogP contribution in [0.2, 0.25) is 0 Å². The van der Waals surface area contributed by atoms with Gasteiger partial charge in [0.05, 0.1) is 6.61 Å². The maximum Gasteiger partial charge on any atom is 0.144 e. The van der Waals surface area contributed by atoms with Gasteiger partial charge in [-0.05, 0) is 71.7 Å². The van der Waals surface area contributed by atoms with Crippen LogP contribution in [0.25, 0.3) is 21.9 Å². The summed E-state index contributed by atoms with van der Waals surface area (Å²) in [5.74, 6) is -2.21. The topological polar surface area (TPSA) is 33.0 Å². The van der Waals surface area contributed by atoms with E-state index >= 15 is 4.39 Å². The summed E-state index contributed by atoms with van der Waals surface area (Å²) in [6.45, 7) is 2.69. The summed E-state index contributed by atoms with van der Waals surface area (Å²) in [6, 6.07) is 16.9. The maximum absolute atomic E-state index is 15.2. The Morgan fingerprint density at radius 1 is 0.784 bits per heavy atom. The van der Waals surface area contributed by atoms with Crippen LogP contribution >= 0.6 is 0 Å². The Hall–Kier alpha value is -3.85. The van der Waals surface area contributed by atoms with Gasteiger partial charge in [0.15, 0.2) is 0 Å². The molecule has 2 nitrogen and oxygen atoms in total. The van der Waals surface area contributed by atoms with Gasteiger partial charge in [-0.2, -0.15) is 5.26 Å². The Kier molecular flexibility index (Phi) is 8.45. The first-order valence-electron chi connectivity index (χ1n) is 12.4. The third kappa shape index (κ3) is 6.11. The number of ether oxygens (including phenoxy) is 1. The third-order valence-corrected chi connectivity index (χ3v) is 6.45. The quantitative estimate of drug-likeness (QED) is 0.160. The van der Waals surface area contributed by atoms with Gasteiger partial charge in [0.1, 0.15) is 40.7 Å². The predicted molar refractivity (Wildman–Crippen MR) is 137 cm³/mol. The fraction of sp³-hybridized carbons (Fsp3) is 0.258. The van der Waals surface area contributed by atoms with E-state index in [0.717, 1.165) is 37.8 Å². The highest BCUT2D eigenvalue weighted by atomic mass is 19.1. The molecule has 0 saturated carbocycles.